The molecule has 33 heavy (non-hydrogen) atoms. The predicted octanol–water partition coefficient (Wildman–Crippen LogP) is 5.01. The number of nitrogens with zero attached hydrogens (tertiary/aromatic N) is 2. The Balaban J connectivity index is 1.61. The fourth-order valence-corrected chi connectivity index (χ4v) is 3.46. The number of aromatic nitrogens is 2. The first-order chi connectivity index (χ1) is 15.9. The van der Waals surface area contributed by atoms with Crippen molar-refractivity contribution in [3.63, 3.8) is 0 Å². The highest BCUT2D eigenvalue weighted by Crippen LogP contribution is 2.32. The summed E-state index contributed by atoms with van der Waals surface area (Å²) in [5.41, 5.74) is 0.936. The van der Waals surface area contributed by atoms with Crippen molar-refractivity contribution in [2.75, 3.05) is 25.5 Å². The first-order valence-corrected chi connectivity index (χ1v) is 10.4. The van der Waals surface area contributed by atoms with E-state index in [0.717, 1.165) is 19.4 Å². The number of alkyl halides is 3. The van der Waals surface area contributed by atoms with Crippen molar-refractivity contribution in [1.29, 1.82) is 0 Å². The van der Waals surface area contributed by atoms with E-state index in [1.807, 2.05) is 0 Å². The minimum atomic E-state index is -4.79. The van der Waals surface area contributed by atoms with E-state index in [1.54, 1.807) is 43.6 Å². The molecule has 0 spiro atoms. The zero-order valence-corrected chi connectivity index (χ0v) is 17.9. The Kier molecular flexibility index (Phi) is 6.83. The Morgan fingerprint density at radius 3 is 2.58 bits per heavy atom. The molecule has 1 fully saturated rings. The number of anilines is 1. The van der Waals surface area contributed by atoms with Gasteiger partial charge in [0.05, 0.1) is 13.3 Å². The summed E-state index contributed by atoms with van der Waals surface area (Å²) in [5.74, 6) is 1.31. The van der Waals surface area contributed by atoms with E-state index in [1.165, 1.54) is 18.2 Å². The molecular weight excluding hydrogens is 437 g/mol. The molecule has 2 aromatic carbocycles. The standard InChI is InChI=1S/C23H23F3N4O3/c1-31-17-7-9-18(10-8-17)32-22-20(28-13-16-5-3-11-27-16)14-29-21(30-22)15-4-2-6-19(12-15)33-23(24,25)26/h2,4,6-10,12,14,16,27-28H,3,5,11,13H2,1H3/t16-/m0/s1. The normalized spacial score (nSPS) is 15.8. The zero-order valence-electron chi connectivity index (χ0n) is 17.9. The summed E-state index contributed by atoms with van der Waals surface area (Å²) in [4.78, 5) is 8.81. The Bertz CT molecular complexity index is 1070. The molecule has 1 saturated heterocycles. The van der Waals surface area contributed by atoms with Crippen LogP contribution in [0.3, 0.4) is 0 Å². The summed E-state index contributed by atoms with van der Waals surface area (Å²) in [5, 5.41) is 6.72. The van der Waals surface area contributed by atoms with Crippen molar-refractivity contribution in [1.82, 2.24) is 15.3 Å². The lowest BCUT2D eigenvalue weighted by Gasteiger charge is -2.16. The summed E-state index contributed by atoms with van der Waals surface area (Å²) in [6.45, 7) is 1.64. The zero-order chi connectivity index (χ0) is 23.3. The van der Waals surface area contributed by atoms with Gasteiger partial charge < -0.3 is 24.8 Å². The van der Waals surface area contributed by atoms with Gasteiger partial charge in [-0.1, -0.05) is 12.1 Å². The van der Waals surface area contributed by atoms with Crippen molar-refractivity contribution in [3.8, 4) is 34.5 Å². The Morgan fingerprint density at radius 2 is 1.88 bits per heavy atom. The number of hydrogen-bond acceptors (Lipinski definition) is 7. The van der Waals surface area contributed by atoms with E-state index in [9.17, 15) is 13.2 Å². The monoisotopic (exact) mass is 460 g/mol. The number of methoxy groups -OCH3 is 1. The minimum absolute atomic E-state index is 0.204. The third-order valence-electron chi connectivity index (χ3n) is 5.05. The highest BCUT2D eigenvalue weighted by Gasteiger charge is 2.31. The van der Waals surface area contributed by atoms with Crippen LogP contribution in [0.25, 0.3) is 11.4 Å². The van der Waals surface area contributed by atoms with Crippen LogP contribution in [-0.4, -0.2) is 42.6 Å². The molecule has 1 aromatic heterocycles. The van der Waals surface area contributed by atoms with Crippen molar-refractivity contribution in [2.24, 2.45) is 0 Å². The molecule has 0 radical (unpaired) electrons. The predicted molar refractivity (Wildman–Crippen MR) is 117 cm³/mol. The molecule has 0 unspecified atom stereocenters. The van der Waals surface area contributed by atoms with Gasteiger partial charge in [-0.25, -0.2) is 4.98 Å². The van der Waals surface area contributed by atoms with E-state index in [2.05, 4.69) is 25.3 Å². The minimum Gasteiger partial charge on any atom is -0.497 e. The quantitative estimate of drug-likeness (QED) is 0.490. The van der Waals surface area contributed by atoms with Gasteiger partial charge in [0.25, 0.3) is 0 Å². The Hall–Kier alpha value is -3.53. The number of hydrogen-bond donors (Lipinski definition) is 2. The molecule has 2 heterocycles. The molecule has 174 valence electrons. The van der Waals surface area contributed by atoms with Crippen LogP contribution in [-0.2, 0) is 0 Å². The van der Waals surface area contributed by atoms with Crippen molar-refractivity contribution in [3.05, 3.63) is 54.7 Å². The second-order valence-electron chi connectivity index (χ2n) is 7.44. The number of rotatable bonds is 8. The van der Waals surface area contributed by atoms with Crippen molar-refractivity contribution < 1.29 is 27.4 Å². The second-order valence-corrected chi connectivity index (χ2v) is 7.44. The molecule has 1 aliphatic rings. The van der Waals surface area contributed by atoms with Crippen LogP contribution in [0.15, 0.2) is 54.7 Å². The summed E-state index contributed by atoms with van der Waals surface area (Å²) < 4.78 is 53.0. The maximum Gasteiger partial charge on any atom is 0.573 e. The van der Waals surface area contributed by atoms with E-state index in [-0.39, 0.29) is 17.5 Å². The van der Waals surface area contributed by atoms with Gasteiger partial charge in [-0.2, -0.15) is 4.98 Å². The first kappa shape index (κ1) is 22.7. The third-order valence-corrected chi connectivity index (χ3v) is 5.05. The lowest BCUT2D eigenvalue weighted by molar-refractivity contribution is -0.274. The lowest BCUT2D eigenvalue weighted by Crippen LogP contribution is -2.29. The highest BCUT2D eigenvalue weighted by molar-refractivity contribution is 5.62. The van der Waals surface area contributed by atoms with E-state index < -0.39 is 6.36 Å². The van der Waals surface area contributed by atoms with Gasteiger partial charge in [0, 0.05) is 18.2 Å². The van der Waals surface area contributed by atoms with E-state index >= 15 is 0 Å². The maximum absolute atomic E-state index is 12.6. The number of ether oxygens (including phenoxy) is 3. The Morgan fingerprint density at radius 1 is 1.09 bits per heavy atom. The van der Waals surface area contributed by atoms with Gasteiger partial charge in [0.2, 0.25) is 5.88 Å². The average molecular weight is 460 g/mol. The Labute approximate surface area is 188 Å². The average Bonchev–Trinajstić information content (AvgIpc) is 3.31. The highest BCUT2D eigenvalue weighted by atomic mass is 19.4. The largest absolute Gasteiger partial charge is 0.573 e. The van der Waals surface area contributed by atoms with Crippen LogP contribution in [0.4, 0.5) is 18.9 Å². The van der Waals surface area contributed by atoms with Crippen LogP contribution in [0, 0.1) is 0 Å². The number of benzene rings is 2. The fraction of sp³-hybridized carbons (Fsp3) is 0.304. The van der Waals surface area contributed by atoms with E-state index in [4.69, 9.17) is 9.47 Å². The molecule has 10 heteroatoms. The summed E-state index contributed by atoms with van der Waals surface area (Å²) in [7, 11) is 1.57. The molecule has 1 atom stereocenters. The molecule has 1 aliphatic heterocycles. The first-order valence-electron chi connectivity index (χ1n) is 10.4. The molecule has 0 aliphatic carbocycles. The number of halogens is 3. The number of nitrogens with one attached hydrogen (secondary N) is 2. The van der Waals surface area contributed by atoms with Gasteiger partial charge >= 0.3 is 6.36 Å². The molecule has 0 amide bonds. The van der Waals surface area contributed by atoms with Gasteiger partial charge in [0.15, 0.2) is 5.82 Å². The maximum atomic E-state index is 12.6. The van der Waals surface area contributed by atoms with Gasteiger partial charge in [-0.05, 0) is 55.8 Å². The molecule has 7 nitrogen and oxygen atoms in total. The molecule has 0 saturated carbocycles. The van der Waals surface area contributed by atoms with Crippen LogP contribution < -0.4 is 24.8 Å². The van der Waals surface area contributed by atoms with Crippen molar-refractivity contribution in [2.45, 2.75) is 25.2 Å². The summed E-state index contributed by atoms with van der Waals surface area (Å²) in [6.07, 6.45) is -1.04. The summed E-state index contributed by atoms with van der Waals surface area (Å²) in [6, 6.07) is 12.8. The fourth-order valence-electron chi connectivity index (χ4n) is 3.46. The topological polar surface area (TPSA) is 77.5 Å². The van der Waals surface area contributed by atoms with Crippen LogP contribution in [0.5, 0.6) is 23.1 Å². The molecular formula is C23H23F3N4O3. The molecule has 3 aromatic rings. The van der Waals surface area contributed by atoms with E-state index in [0.29, 0.717) is 35.3 Å². The van der Waals surface area contributed by atoms with Crippen LogP contribution in [0.2, 0.25) is 0 Å². The van der Waals surface area contributed by atoms with Gasteiger partial charge in [-0.3, -0.25) is 0 Å². The second kappa shape index (κ2) is 9.95. The van der Waals surface area contributed by atoms with Gasteiger partial charge in [-0.15, -0.1) is 13.2 Å². The van der Waals surface area contributed by atoms with Crippen LogP contribution in [0.1, 0.15) is 12.8 Å². The smallest absolute Gasteiger partial charge is 0.497 e. The molecule has 4 rings (SSSR count). The summed E-state index contributed by atoms with van der Waals surface area (Å²) >= 11 is 0. The van der Waals surface area contributed by atoms with Crippen molar-refractivity contribution >= 4 is 5.69 Å². The molecule has 0 bridgehead atoms. The third kappa shape index (κ3) is 6.26. The SMILES string of the molecule is COc1ccc(Oc2nc(-c3cccc(OC(F)(F)F)c3)ncc2NC[C@@H]2CCCN2)cc1. The van der Waals surface area contributed by atoms with Gasteiger partial charge in [0.1, 0.15) is 22.9 Å². The molecule has 2 N–H and O–H groups in total. The lowest BCUT2D eigenvalue weighted by atomic mass is 10.2. The van der Waals surface area contributed by atoms with Crippen LogP contribution >= 0.6 is 0 Å².